The first-order valence-electron chi connectivity index (χ1n) is 4.69. The van der Waals surface area contributed by atoms with E-state index in [1.165, 1.54) is 6.07 Å². The van der Waals surface area contributed by atoms with E-state index in [0.717, 1.165) is 16.5 Å². The van der Waals surface area contributed by atoms with Crippen LogP contribution in [0.1, 0.15) is 11.1 Å². The van der Waals surface area contributed by atoms with Crippen LogP contribution in [-0.4, -0.2) is 4.57 Å². The van der Waals surface area contributed by atoms with Gasteiger partial charge in [0, 0.05) is 18.6 Å². The fraction of sp³-hybridized carbons (Fsp3) is 0.273. The molecule has 0 aliphatic heterocycles. The zero-order chi connectivity index (χ0) is 11.0. The van der Waals surface area contributed by atoms with Crippen LogP contribution >= 0.6 is 0 Å². The molecular formula is C11H13FN2O. The molecule has 0 radical (unpaired) electrons. The van der Waals surface area contributed by atoms with E-state index in [0.29, 0.717) is 5.52 Å². The summed E-state index contributed by atoms with van der Waals surface area (Å²) in [7, 11) is 1.83. The van der Waals surface area contributed by atoms with Gasteiger partial charge in [-0.2, -0.15) is 0 Å². The van der Waals surface area contributed by atoms with Crippen molar-refractivity contribution in [2.45, 2.75) is 13.5 Å². The van der Waals surface area contributed by atoms with Crippen molar-refractivity contribution in [1.29, 1.82) is 0 Å². The van der Waals surface area contributed by atoms with Gasteiger partial charge in [-0.3, -0.25) is 4.84 Å². The molecule has 1 aromatic carbocycles. The molecule has 0 bridgehead atoms. The Morgan fingerprint density at radius 2 is 2.20 bits per heavy atom. The molecule has 0 atom stereocenters. The maximum absolute atomic E-state index is 13.7. The van der Waals surface area contributed by atoms with Gasteiger partial charge in [-0.05, 0) is 30.2 Å². The van der Waals surface area contributed by atoms with Crippen LogP contribution in [0.4, 0.5) is 4.39 Å². The number of halogens is 1. The summed E-state index contributed by atoms with van der Waals surface area (Å²) in [5, 5.41) is 0.907. The van der Waals surface area contributed by atoms with Gasteiger partial charge in [-0.1, -0.05) is 0 Å². The van der Waals surface area contributed by atoms with Crippen molar-refractivity contribution in [3.63, 3.8) is 0 Å². The first-order valence-corrected chi connectivity index (χ1v) is 4.69. The van der Waals surface area contributed by atoms with E-state index < -0.39 is 0 Å². The number of hydrogen-bond acceptors (Lipinski definition) is 2. The van der Waals surface area contributed by atoms with Crippen LogP contribution in [0.25, 0.3) is 10.9 Å². The van der Waals surface area contributed by atoms with E-state index in [1.54, 1.807) is 4.57 Å². The second-order valence-corrected chi connectivity index (χ2v) is 3.71. The van der Waals surface area contributed by atoms with Crippen molar-refractivity contribution >= 4 is 10.9 Å². The Labute approximate surface area is 87.2 Å². The Morgan fingerprint density at radius 3 is 2.87 bits per heavy atom. The number of aryl methyl sites for hydroxylation is 2. The van der Waals surface area contributed by atoms with E-state index in [-0.39, 0.29) is 12.4 Å². The largest absolute Gasteiger partial charge is 0.348 e. The molecule has 3 nitrogen and oxygen atoms in total. The molecule has 0 spiro atoms. The summed E-state index contributed by atoms with van der Waals surface area (Å²) >= 11 is 0. The zero-order valence-electron chi connectivity index (χ0n) is 8.75. The first-order chi connectivity index (χ1) is 7.13. The van der Waals surface area contributed by atoms with Crippen LogP contribution in [0.5, 0.6) is 0 Å². The van der Waals surface area contributed by atoms with E-state index in [1.807, 2.05) is 26.2 Å². The molecule has 2 aromatic rings. The molecule has 15 heavy (non-hydrogen) atoms. The van der Waals surface area contributed by atoms with Crippen LogP contribution < -0.4 is 5.90 Å². The number of rotatable bonds is 2. The van der Waals surface area contributed by atoms with Crippen LogP contribution in [0.3, 0.4) is 0 Å². The molecule has 0 amide bonds. The van der Waals surface area contributed by atoms with Crippen LogP contribution in [0, 0.1) is 12.7 Å². The molecule has 0 saturated heterocycles. The lowest BCUT2D eigenvalue weighted by atomic mass is 10.1. The van der Waals surface area contributed by atoms with Crippen molar-refractivity contribution in [1.82, 2.24) is 4.57 Å². The van der Waals surface area contributed by atoms with Crippen molar-refractivity contribution < 1.29 is 9.23 Å². The Bertz CT molecular complexity index is 505. The second-order valence-electron chi connectivity index (χ2n) is 3.71. The molecular weight excluding hydrogens is 195 g/mol. The van der Waals surface area contributed by atoms with Crippen molar-refractivity contribution in [3.8, 4) is 0 Å². The molecule has 0 unspecified atom stereocenters. The normalized spacial score (nSPS) is 11.2. The molecule has 0 fully saturated rings. The predicted molar refractivity (Wildman–Crippen MR) is 56.6 cm³/mol. The highest BCUT2D eigenvalue weighted by Gasteiger charge is 2.09. The van der Waals surface area contributed by atoms with Crippen molar-refractivity contribution in [3.05, 3.63) is 35.3 Å². The maximum atomic E-state index is 13.7. The Balaban J connectivity index is 2.70. The Hall–Kier alpha value is -1.39. The molecule has 1 heterocycles. The summed E-state index contributed by atoms with van der Waals surface area (Å²) in [4.78, 5) is 4.50. The fourth-order valence-electron chi connectivity index (χ4n) is 1.92. The average molecular weight is 208 g/mol. The third-order valence-electron chi connectivity index (χ3n) is 2.54. The van der Waals surface area contributed by atoms with E-state index in [4.69, 9.17) is 5.90 Å². The molecule has 4 heteroatoms. The number of aromatic nitrogens is 1. The third kappa shape index (κ3) is 1.62. The van der Waals surface area contributed by atoms with Gasteiger partial charge in [0.15, 0.2) is 0 Å². The summed E-state index contributed by atoms with van der Waals surface area (Å²) in [6.45, 7) is 2.18. The number of nitrogens with zero attached hydrogens (tertiary/aromatic N) is 1. The molecule has 0 saturated carbocycles. The summed E-state index contributed by atoms with van der Waals surface area (Å²) < 4.78 is 15.5. The van der Waals surface area contributed by atoms with Gasteiger partial charge in [0.25, 0.3) is 0 Å². The lowest BCUT2D eigenvalue weighted by Crippen LogP contribution is -1.99. The maximum Gasteiger partial charge on any atom is 0.147 e. The van der Waals surface area contributed by atoms with Crippen LogP contribution in [0.15, 0.2) is 18.3 Å². The van der Waals surface area contributed by atoms with Gasteiger partial charge in [0.05, 0.1) is 12.1 Å². The molecule has 0 aliphatic carbocycles. The SMILES string of the molecule is Cc1cn(C)c2c(F)cc(CON)cc12. The molecule has 1 aromatic heterocycles. The van der Waals surface area contributed by atoms with Gasteiger partial charge in [0.2, 0.25) is 0 Å². The molecule has 80 valence electrons. The predicted octanol–water partition coefficient (Wildman–Crippen LogP) is 2.02. The van der Waals surface area contributed by atoms with Gasteiger partial charge >= 0.3 is 0 Å². The van der Waals surface area contributed by atoms with Crippen LogP contribution in [0.2, 0.25) is 0 Å². The average Bonchev–Trinajstić information content (AvgIpc) is 2.43. The summed E-state index contributed by atoms with van der Waals surface area (Å²) in [6.07, 6.45) is 1.90. The number of nitrogens with two attached hydrogens (primary N) is 1. The summed E-state index contributed by atoms with van der Waals surface area (Å²) in [5.41, 5.74) is 2.41. The topological polar surface area (TPSA) is 40.2 Å². The fourth-order valence-corrected chi connectivity index (χ4v) is 1.92. The molecule has 0 aliphatic rings. The van der Waals surface area contributed by atoms with E-state index >= 15 is 0 Å². The van der Waals surface area contributed by atoms with Crippen LogP contribution in [-0.2, 0) is 18.5 Å². The van der Waals surface area contributed by atoms with Gasteiger partial charge in [0.1, 0.15) is 5.82 Å². The summed E-state index contributed by atoms with van der Waals surface area (Å²) in [5.74, 6) is 4.73. The minimum atomic E-state index is -0.241. The van der Waals surface area contributed by atoms with Crippen molar-refractivity contribution in [2.24, 2.45) is 12.9 Å². The third-order valence-corrected chi connectivity index (χ3v) is 2.54. The summed E-state index contributed by atoms with van der Waals surface area (Å²) in [6, 6.07) is 3.36. The smallest absolute Gasteiger partial charge is 0.147 e. The first kappa shape index (κ1) is 10.1. The molecule has 2 N–H and O–H groups in total. The van der Waals surface area contributed by atoms with E-state index in [9.17, 15) is 4.39 Å². The van der Waals surface area contributed by atoms with E-state index in [2.05, 4.69) is 4.84 Å². The Kier molecular flexibility index (Phi) is 2.46. The quantitative estimate of drug-likeness (QED) is 0.767. The van der Waals surface area contributed by atoms with Crippen molar-refractivity contribution in [2.75, 3.05) is 0 Å². The highest BCUT2D eigenvalue weighted by molar-refractivity contribution is 5.84. The standard InChI is InChI=1S/C11H13FN2O/c1-7-5-14(2)11-9(7)3-8(6-15-13)4-10(11)12/h3-5H,6,13H2,1-2H3. The second kappa shape index (κ2) is 3.64. The minimum absolute atomic E-state index is 0.223. The van der Waals surface area contributed by atoms with Gasteiger partial charge in [-0.15, -0.1) is 0 Å². The van der Waals surface area contributed by atoms with Gasteiger partial charge < -0.3 is 4.57 Å². The Morgan fingerprint density at radius 1 is 1.47 bits per heavy atom. The lowest BCUT2D eigenvalue weighted by Gasteiger charge is -2.03. The number of benzene rings is 1. The molecule has 2 rings (SSSR count). The number of hydrogen-bond donors (Lipinski definition) is 1. The number of fused-ring (bicyclic) bond motifs is 1. The highest BCUT2D eigenvalue weighted by Crippen LogP contribution is 2.24. The minimum Gasteiger partial charge on any atom is -0.348 e. The van der Waals surface area contributed by atoms with Gasteiger partial charge in [-0.25, -0.2) is 10.3 Å². The zero-order valence-corrected chi connectivity index (χ0v) is 8.75. The highest BCUT2D eigenvalue weighted by atomic mass is 19.1. The lowest BCUT2D eigenvalue weighted by molar-refractivity contribution is 0.124. The monoisotopic (exact) mass is 208 g/mol.